The minimum Gasteiger partial charge on any atom is -0.501 e. The first kappa shape index (κ1) is 17.3. The first-order valence-corrected chi connectivity index (χ1v) is 9.51. The molecule has 3 rings (SSSR count). The Kier molecular flexibility index (Phi) is 5.43. The van der Waals surface area contributed by atoms with E-state index in [1.165, 1.54) is 31.0 Å². The van der Waals surface area contributed by atoms with E-state index in [4.69, 9.17) is 9.73 Å². The zero-order chi connectivity index (χ0) is 17.1. The second-order valence-electron chi connectivity index (χ2n) is 6.38. The molecule has 1 saturated carbocycles. The number of allylic oxidation sites excluding steroid dienone is 2. The molecule has 130 valence electrons. The van der Waals surface area contributed by atoms with Gasteiger partial charge in [-0.15, -0.1) is 0 Å². The summed E-state index contributed by atoms with van der Waals surface area (Å²) >= 11 is 1.52. The number of ether oxygens (including phenoxy) is 1. The molecule has 2 atom stereocenters. The molecular weight excluding hydrogens is 322 g/mol. The number of carbonyl (C=O) groups is 1. The van der Waals surface area contributed by atoms with Crippen molar-refractivity contribution in [2.24, 2.45) is 9.98 Å². The van der Waals surface area contributed by atoms with Crippen molar-refractivity contribution < 1.29 is 9.53 Å². The molecule has 2 fully saturated rings. The van der Waals surface area contributed by atoms with E-state index < -0.39 is 0 Å². The van der Waals surface area contributed by atoms with Crippen molar-refractivity contribution in [2.75, 3.05) is 7.11 Å². The van der Waals surface area contributed by atoms with Crippen LogP contribution < -0.4 is 0 Å². The molecule has 0 bridgehead atoms. The van der Waals surface area contributed by atoms with Crippen LogP contribution in [0.15, 0.2) is 33.6 Å². The molecule has 2 heterocycles. The van der Waals surface area contributed by atoms with Gasteiger partial charge in [0.05, 0.1) is 13.4 Å². The van der Waals surface area contributed by atoms with Crippen LogP contribution in [0, 0.1) is 0 Å². The van der Waals surface area contributed by atoms with E-state index in [1.807, 2.05) is 24.8 Å². The van der Waals surface area contributed by atoms with Crippen LogP contribution in [0.3, 0.4) is 0 Å². The Labute approximate surface area is 147 Å². The molecule has 5 nitrogen and oxygen atoms in total. The van der Waals surface area contributed by atoms with Gasteiger partial charge in [-0.25, -0.2) is 4.99 Å². The summed E-state index contributed by atoms with van der Waals surface area (Å²) in [5.74, 6) is 0.952. The first-order chi connectivity index (χ1) is 11.7. The Morgan fingerprint density at radius 1 is 1.42 bits per heavy atom. The fourth-order valence-electron chi connectivity index (χ4n) is 3.56. The van der Waals surface area contributed by atoms with Gasteiger partial charge < -0.3 is 4.74 Å². The molecule has 1 amide bonds. The predicted octanol–water partition coefficient (Wildman–Crippen LogP) is 3.53. The third kappa shape index (κ3) is 3.16. The monoisotopic (exact) mass is 347 g/mol. The van der Waals surface area contributed by atoms with Gasteiger partial charge in [0.15, 0.2) is 0 Å². The fraction of sp³-hybridized carbons (Fsp3) is 0.611. The summed E-state index contributed by atoms with van der Waals surface area (Å²) in [4.78, 5) is 24.2. The Morgan fingerprint density at radius 3 is 2.83 bits per heavy atom. The van der Waals surface area contributed by atoms with E-state index in [1.54, 1.807) is 19.6 Å². The molecule has 24 heavy (non-hydrogen) atoms. The molecular formula is C18H25N3O2S. The van der Waals surface area contributed by atoms with E-state index in [9.17, 15) is 4.79 Å². The summed E-state index contributed by atoms with van der Waals surface area (Å²) in [5, 5.41) is 0.625. The van der Waals surface area contributed by atoms with Gasteiger partial charge in [0.25, 0.3) is 0 Å². The topological polar surface area (TPSA) is 54.3 Å². The van der Waals surface area contributed by atoms with Gasteiger partial charge >= 0.3 is 0 Å². The SMILES string of the molecule is C\C=C/N=C1/SC2C(=O)N(C3CCCCC3)C=NC2/C1=C(/C)OC. The Bertz CT molecular complexity index is 618. The highest BCUT2D eigenvalue weighted by Gasteiger charge is 2.47. The molecule has 1 aliphatic carbocycles. The molecule has 0 N–H and O–H groups in total. The van der Waals surface area contributed by atoms with Crippen molar-refractivity contribution in [3.8, 4) is 0 Å². The maximum atomic E-state index is 13.1. The van der Waals surface area contributed by atoms with Crippen LogP contribution in [0.1, 0.15) is 46.0 Å². The second kappa shape index (κ2) is 7.55. The lowest BCUT2D eigenvalue weighted by Gasteiger charge is -2.36. The van der Waals surface area contributed by atoms with Crippen LogP contribution in [0.5, 0.6) is 0 Å². The van der Waals surface area contributed by atoms with Gasteiger partial charge in [0.1, 0.15) is 22.1 Å². The molecule has 0 radical (unpaired) electrons. The summed E-state index contributed by atoms with van der Waals surface area (Å²) in [5.41, 5.74) is 0.943. The average molecular weight is 347 g/mol. The first-order valence-electron chi connectivity index (χ1n) is 8.63. The summed E-state index contributed by atoms with van der Waals surface area (Å²) in [6, 6.07) is 0.121. The zero-order valence-corrected chi connectivity index (χ0v) is 15.4. The Hall–Kier alpha value is -1.56. The molecule has 0 spiro atoms. The van der Waals surface area contributed by atoms with Crippen molar-refractivity contribution in [2.45, 2.75) is 63.3 Å². The number of aliphatic imine (C=N–C) groups is 2. The highest BCUT2D eigenvalue weighted by molar-refractivity contribution is 8.16. The van der Waals surface area contributed by atoms with Crippen molar-refractivity contribution >= 4 is 29.1 Å². The van der Waals surface area contributed by atoms with Gasteiger partial charge in [0.2, 0.25) is 5.91 Å². The van der Waals surface area contributed by atoms with Crippen molar-refractivity contribution in [1.29, 1.82) is 0 Å². The van der Waals surface area contributed by atoms with Crippen LogP contribution >= 0.6 is 11.8 Å². The largest absolute Gasteiger partial charge is 0.501 e. The Balaban J connectivity index is 1.91. The molecule has 0 aromatic carbocycles. The number of hydrogen-bond acceptors (Lipinski definition) is 5. The van der Waals surface area contributed by atoms with Gasteiger partial charge in [0, 0.05) is 17.8 Å². The van der Waals surface area contributed by atoms with Crippen LogP contribution in [0.4, 0.5) is 0 Å². The molecule has 3 aliphatic rings. The standard InChI is InChI=1S/C18H25N3O2S/c1-4-10-19-17-14(12(2)23-3)15-16(24-17)18(22)21(11-20-15)13-8-6-5-7-9-13/h4,10-11,13,15-16H,5-9H2,1-3H3/b10-4-,14-12+,19-17+. The fourth-order valence-corrected chi connectivity index (χ4v) is 4.87. The maximum Gasteiger partial charge on any atom is 0.244 e. The van der Waals surface area contributed by atoms with E-state index in [0.29, 0.717) is 6.04 Å². The van der Waals surface area contributed by atoms with Gasteiger partial charge in [-0.3, -0.25) is 14.7 Å². The van der Waals surface area contributed by atoms with Crippen LogP contribution in [-0.2, 0) is 9.53 Å². The molecule has 1 saturated heterocycles. The van der Waals surface area contributed by atoms with Crippen LogP contribution in [0.2, 0.25) is 0 Å². The van der Waals surface area contributed by atoms with E-state index in [0.717, 1.165) is 29.2 Å². The van der Waals surface area contributed by atoms with Crippen molar-refractivity contribution in [3.63, 3.8) is 0 Å². The Morgan fingerprint density at radius 2 is 2.17 bits per heavy atom. The number of fused-ring (bicyclic) bond motifs is 1. The number of carbonyl (C=O) groups excluding carboxylic acids is 1. The molecule has 2 aliphatic heterocycles. The minimum atomic E-state index is -0.221. The highest BCUT2D eigenvalue weighted by atomic mass is 32.2. The zero-order valence-electron chi connectivity index (χ0n) is 14.6. The average Bonchev–Trinajstić information content (AvgIpc) is 2.99. The number of nitrogens with zero attached hydrogens (tertiary/aromatic N) is 3. The number of hydrogen-bond donors (Lipinski definition) is 0. The smallest absolute Gasteiger partial charge is 0.244 e. The van der Waals surface area contributed by atoms with E-state index in [-0.39, 0.29) is 17.2 Å². The second-order valence-corrected chi connectivity index (χ2v) is 7.51. The number of rotatable bonds is 3. The van der Waals surface area contributed by atoms with E-state index >= 15 is 0 Å². The third-order valence-corrected chi connectivity index (χ3v) is 6.16. The van der Waals surface area contributed by atoms with E-state index in [2.05, 4.69) is 4.99 Å². The third-order valence-electron chi connectivity index (χ3n) is 4.90. The quantitative estimate of drug-likeness (QED) is 0.734. The molecule has 6 heteroatoms. The van der Waals surface area contributed by atoms with Gasteiger partial charge in [-0.2, -0.15) is 0 Å². The van der Waals surface area contributed by atoms with Crippen molar-refractivity contribution in [3.05, 3.63) is 23.6 Å². The lowest BCUT2D eigenvalue weighted by Crippen LogP contribution is -2.50. The number of amides is 1. The molecule has 0 aromatic rings. The van der Waals surface area contributed by atoms with Crippen molar-refractivity contribution in [1.82, 2.24) is 4.90 Å². The lowest BCUT2D eigenvalue weighted by atomic mass is 9.93. The van der Waals surface area contributed by atoms with Gasteiger partial charge in [-0.1, -0.05) is 37.1 Å². The summed E-state index contributed by atoms with van der Waals surface area (Å²) in [7, 11) is 1.65. The summed E-state index contributed by atoms with van der Waals surface area (Å²) < 4.78 is 5.43. The van der Waals surface area contributed by atoms with Crippen LogP contribution in [-0.4, -0.2) is 46.6 Å². The predicted molar refractivity (Wildman–Crippen MR) is 99.3 cm³/mol. The van der Waals surface area contributed by atoms with Gasteiger partial charge in [-0.05, 0) is 26.7 Å². The summed E-state index contributed by atoms with van der Waals surface area (Å²) in [6.07, 6.45) is 11.2. The molecule has 2 unspecified atom stereocenters. The molecule has 0 aromatic heterocycles. The maximum absolute atomic E-state index is 13.1. The highest BCUT2D eigenvalue weighted by Crippen LogP contribution is 2.41. The minimum absolute atomic E-state index is 0.166. The number of thioether (sulfide) groups is 1. The number of methoxy groups -OCH3 is 1. The normalized spacial score (nSPS) is 31.9. The van der Waals surface area contributed by atoms with Crippen LogP contribution in [0.25, 0.3) is 0 Å². The lowest BCUT2D eigenvalue weighted by molar-refractivity contribution is -0.129. The summed E-state index contributed by atoms with van der Waals surface area (Å²) in [6.45, 7) is 3.84.